The summed E-state index contributed by atoms with van der Waals surface area (Å²) in [7, 11) is 0. The van der Waals surface area contributed by atoms with E-state index in [1.54, 1.807) is 0 Å². The summed E-state index contributed by atoms with van der Waals surface area (Å²) in [5.41, 5.74) is 0.544. The van der Waals surface area contributed by atoms with Crippen LogP contribution < -0.4 is 0 Å². The molecule has 0 aliphatic rings. The average molecular weight is 246 g/mol. The Balaban J connectivity index is 2.73. The van der Waals surface area contributed by atoms with Crippen LogP contribution in [0.4, 0.5) is 4.39 Å². The summed E-state index contributed by atoms with van der Waals surface area (Å²) in [6.45, 7) is -0.484. The number of hydrogen-bond acceptors (Lipinski definition) is 2. The number of halogens is 2. The fraction of sp³-hybridized carbons (Fsp3) is 0.125. The maximum Gasteiger partial charge on any atom is 0.133 e. The van der Waals surface area contributed by atoms with Gasteiger partial charge in [0.1, 0.15) is 6.67 Å². The molecule has 0 spiro atoms. The van der Waals surface area contributed by atoms with Crippen molar-refractivity contribution >= 4 is 37.5 Å². The zero-order valence-corrected chi connectivity index (χ0v) is 8.45. The Kier molecular flexibility index (Phi) is 2.11. The predicted molar refractivity (Wildman–Crippen MR) is 52.1 cm³/mol. The molecule has 1 heterocycles. The highest BCUT2D eigenvalue weighted by Crippen LogP contribution is 2.26. The maximum atomic E-state index is 12.3. The number of benzene rings is 1. The van der Waals surface area contributed by atoms with Crippen molar-refractivity contribution in [3.8, 4) is 0 Å². The molecule has 0 amide bonds. The van der Waals surface area contributed by atoms with E-state index >= 15 is 0 Å². The van der Waals surface area contributed by atoms with Gasteiger partial charge in [-0.15, -0.1) is 0 Å². The first-order valence-electron chi connectivity index (χ1n) is 3.41. The van der Waals surface area contributed by atoms with Gasteiger partial charge in [-0.2, -0.15) is 4.37 Å². The quantitative estimate of drug-likeness (QED) is 0.750. The standard InChI is InChI=1S/C8H5BrFNS/c9-5-1-2-6-7(4-10)11-12-8(6)3-5/h1-3H,4H2. The number of hydrogen-bond donors (Lipinski definition) is 0. The molecule has 1 nitrogen and oxygen atoms in total. The van der Waals surface area contributed by atoms with Gasteiger partial charge in [0.25, 0.3) is 0 Å². The molecule has 2 aromatic rings. The minimum atomic E-state index is -0.484. The second-order valence-corrected chi connectivity index (χ2v) is 4.12. The molecule has 0 atom stereocenters. The second-order valence-electron chi connectivity index (χ2n) is 2.40. The van der Waals surface area contributed by atoms with Crippen LogP contribution in [0, 0.1) is 0 Å². The molecular weight excluding hydrogens is 241 g/mol. The fourth-order valence-electron chi connectivity index (χ4n) is 1.06. The zero-order chi connectivity index (χ0) is 8.55. The molecular formula is C8H5BrFNS. The lowest BCUT2D eigenvalue weighted by molar-refractivity contribution is 0.481. The zero-order valence-electron chi connectivity index (χ0n) is 6.05. The lowest BCUT2D eigenvalue weighted by atomic mass is 10.2. The number of fused-ring (bicyclic) bond motifs is 1. The highest BCUT2D eigenvalue weighted by molar-refractivity contribution is 9.10. The van der Waals surface area contributed by atoms with Gasteiger partial charge in [-0.05, 0) is 23.7 Å². The van der Waals surface area contributed by atoms with Crippen molar-refractivity contribution < 1.29 is 4.39 Å². The molecule has 1 aromatic carbocycles. The Morgan fingerprint density at radius 3 is 3.08 bits per heavy atom. The molecule has 1 aromatic heterocycles. The summed E-state index contributed by atoms with van der Waals surface area (Å²) in [5.74, 6) is 0. The molecule has 0 saturated heterocycles. The highest BCUT2D eigenvalue weighted by Gasteiger charge is 2.04. The van der Waals surface area contributed by atoms with Gasteiger partial charge in [-0.1, -0.05) is 22.0 Å². The van der Waals surface area contributed by atoms with Gasteiger partial charge in [0.2, 0.25) is 0 Å². The first-order chi connectivity index (χ1) is 5.81. The Morgan fingerprint density at radius 1 is 1.50 bits per heavy atom. The minimum Gasteiger partial charge on any atom is -0.244 e. The van der Waals surface area contributed by atoms with Crippen molar-refractivity contribution in [1.82, 2.24) is 4.37 Å². The Morgan fingerprint density at radius 2 is 2.33 bits per heavy atom. The van der Waals surface area contributed by atoms with Crippen molar-refractivity contribution in [2.24, 2.45) is 0 Å². The monoisotopic (exact) mass is 245 g/mol. The second kappa shape index (κ2) is 3.11. The summed E-state index contributed by atoms with van der Waals surface area (Å²) >= 11 is 4.68. The van der Waals surface area contributed by atoms with Crippen molar-refractivity contribution in [3.63, 3.8) is 0 Å². The van der Waals surface area contributed by atoms with Gasteiger partial charge in [0.15, 0.2) is 0 Å². The van der Waals surface area contributed by atoms with Crippen LogP contribution >= 0.6 is 27.5 Å². The van der Waals surface area contributed by atoms with Crippen molar-refractivity contribution in [2.75, 3.05) is 0 Å². The van der Waals surface area contributed by atoms with Crippen LogP contribution in [-0.4, -0.2) is 4.37 Å². The summed E-state index contributed by atoms with van der Waals surface area (Å²) in [5, 5.41) is 0.922. The molecule has 62 valence electrons. The summed E-state index contributed by atoms with van der Waals surface area (Å²) in [4.78, 5) is 0. The smallest absolute Gasteiger partial charge is 0.133 e. The first-order valence-corrected chi connectivity index (χ1v) is 4.97. The number of aromatic nitrogens is 1. The summed E-state index contributed by atoms with van der Waals surface area (Å²) in [6.07, 6.45) is 0. The third kappa shape index (κ3) is 1.25. The molecule has 0 unspecified atom stereocenters. The fourth-order valence-corrected chi connectivity index (χ4v) is 2.39. The normalized spacial score (nSPS) is 10.8. The molecule has 0 N–H and O–H groups in total. The Hall–Kier alpha value is -0.480. The number of rotatable bonds is 1. The third-order valence-electron chi connectivity index (χ3n) is 1.64. The van der Waals surface area contributed by atoms with Crippen LogP contribution in [0.5, 0.6) is 0 Å². The van der Waals surface area contributed by atoms with E-state index in [0.717, 1.165) is 14.6 Å². The van der Waals surface area contributed by atoms with Gasteiger partial charge in [0, 0.05) is 9.86 Å². The summed E-state index contributed by atoms with van der Waals surface area (Å²) in [6, 6.07) is 5.74. The van der Waals surface area contributed by atoms with Crippen LogP contribution in [0.1, 0.15) is 5.69 Å². The van der Waals surface area contributed by atoms with E-state index in [1.165, 1.54) is 11.5 Å². The van der Waals surface area contributed by atoms with E-state index in [0.29, 0.717) is 5.69 Å². The van der Waals surface area contributed by atoms with Gasteiger partial charge in [0.05, 0.1) is 10.4 Å². The maximum absolute atomic E-state index is 12.3. The lowest BCUT2D eigenvalue weighted by Gasteiger charge is -1.90. The average Bonchev–Trinajstić information content (AvgIpc) is 2.46. The molecule has 0 radical (unpaired) electrons. The molecule has 0 aliphatic carbocycles. The van der Waals surface area contributed by atoms with E-state index in [9.17, 15) is 4.39 Å². The predicted octanol–water partition coefficient (Wildman–Crippen LogP) is 3.53. The van der Waals surface area contributed by atoms with E-state index in [-0.39, 0.29) is 0 Å². The van der Waals surface area contributed by atoms with Crippen molar-refractivity contribution in [1.29, 1.82) is 0 Å². The van der Waals surface area contributed by atoms with Gasteiger partial charge < -0.3 is 0 Å². The molecule has 0 aliphatic heterocycles. The molecule has 4 heteroatoms. The molecule has 2 rings (SSSR count). The van der Waals surface area contributed by atoms with Crippen molar-refractivity contribution in [2.45, 2.75) is 6.67 Å². The number of alkyl halides is 1. The minimum absolute atomic E-state index is 0.484. The third-order valence-corrected chi connectivity index (χ3v) is 2.97. The van der Waals surface area contributed by atoms with E-state index in [2.05, 4.69) is 20.3 Å². The van der Waals surface area contributed by atoms with Crippen LogP contribution in [0.25, 0.3) is 10.1 Å². The first kappa shape index (κ1) is 8.13. The van der Waals surface area contributed by atoms with Crippen LogP contribution in [0.3, 0.4) is 0 Å². The molecule has 0 saturated carbocycles. The van der Waals surface area contributed by atoms with Crippen LogP contribution in [0.15, 0.2) is 22.7 Å². The van der Waals surface area contributed by atoms with Crippen molar-refractivity contribution in [3.05, 3.63) is 28.4 Å². The SMILES string of the molecule is FCc1nsc2cc(Br)ccc12. The highest BCUT2D eigenvalue weighted by atomic mass is 79.9. The molecule has 0 bridgehead atoms. The lowest BCUT2D eigenvalue weighted by Crippen LogP contribution is -1.76. The topological polar surface area (TPSA) is 12.9 Å². The van der Waals surface area contributed by atoms with E-state index in [1.807, 2.05) is 18.2 Å². The van der Waals surface area contributed by atoms with E-state index < -0.39 is 6.67 Å². The number of nitrogens with zero attached hydrogens (tertiary/aromatic N) is 1. The van der Waals surface area contributed by atoms with E-state index in [4.69, 9.17) is 0 Å². The van der Waals surface area contributed by atoms with Gasteiger partial charge in [-0.25, -0.2) is 4.39 Å². The Bertz CT molecular complexity index is 412. The Labute approximate surface area is 81.5 Å². The van der Waals surface area contributed by atoms with Gasteiger partial charge >= 0.3 is 0 Å². The molecule has 0 fully saturated rings. The van der Waals surface area contributed by atoms with Gasteiger partial charge in [-0.3, -0.25) is 0 Å². The van der Waals surface area contributed by atoms with Crippen LogP contribution in [0.2, 0.25) is 0 Å². The summed E-state index contributed by atoms with van der Waals surface area (Å²) < 4.78 is 18.4. The largest absolute Gasteiger partial charge is 0.244 e. The molecule has 12 heavy (non-hydrogen) atoms. The van der Waals surface area contributed by atoms with Crippen LogP contribution in [-0.2, 0) is 6.67 Å².